The van der Waals surface area contributed by atoms with Gasteiger partial charge in [0.15, 0.2) is 5.82 Å². The number of aromatic nitrogens is 3. The normalized spacial score (nSPS) is 12.4. The average molecular weight is 274 g/mol. The molecular weight excluding hydrogens is 252 g/mol. The largest absolute Gasteiger partial charge is 0.496 e. The van der Waals surface area contributed by atoms with Crippen molar-refractivity contribution < 1.29 is 4.74 Å². The maximum Gasteiger partial charge on any atom is 0.151 e. The number of nitrogens with one attached hydrogen (secondary N) is 1. The lowest BCUT2D eigenvalue weighted by Crippen LogP contribution is -2.22. The number of rotatable bonds is 6. The van der Waals surface area contributed by atoms with Gasteiger partial charge in [0.2, 0.25) is 0 Å². The fraction of sp³-hybridized carbons (Fsp3) is 0.467. The lowest BCUT2D eigenvalue weighted by atomic mass is 10.0. The molecule has 1 aromatic heterocycles. The smallest absolute Gasteiger partial charge is 0.151 e. The summed E-state index contributed by atoms with van der Waals surface area (Å²) in [7, 11) is 3.59. The Balaban J connectivity index is 1.94. The number of benzene rings is 1. The van der Waals surface area contributed by atoms with Gasteiger partial charge < -0.3 is 10.1 Å². The molecule has 0 amide bonds. The van der Waals surface area contributed by atoms with Gasteiger partial charge in [0.1, 0.15) is 12.1 Å². The van der Waals surface area contributed by atoms with Crippen LogP contribution in [0, 0.1) is 6.92 Å². The maximum atomic E-state index is 5.42. The van der Waals surface area contributed by atoms with Crippen molar-refractivity contribution in [2.24, 2.45) is 7.05 Å². The average Bonchev–Trinajstić information content (AvgIpc) is 2.84. The Morgan fingerprint density at radius 1 is 1.40 bits per heavy atom. The van der Waals surface area contributed by atoms with Gasteiger partial charge in [-0.1, -0.05) is 17.7 Å². The Morgan fingerprint density at radius 2 is 2.20 bits per heavy atom. The molecule has 0 aliphatic rings. The number of aryl methyl sites for hydroxylation is 2. The quantitative estimate of drug-likeness (QED) is 0.875. The van der Waals surface area contributed by atoms with E-state index >= 15 is 0 Å². The number of methoxy groups -OCH3 is 1. The van der Waals surface area contributed by atoms with Gasteiger partial charge in [0, 0.05) is 31.6 Å². The molecular formula is C15H22N4O. The molecule has 0 aliphatic heterocycles. The number of hydrogen-bond acceptors (Lipinski definition) is 4. The van der Waals surface area contributed by atoms with Crippen molar-refractivity contribution in [1.29, 1.82) is 0 Å². The molecule has 0 radical (unpaired) electrons. The van der Waals surface area contributed by atoms with Crippen LogP contribution in [0.5, 0.6) is 5.75 Å². The highest BCUT2D eigenvalue weighted by Crippen LogP contribution is 2.25. The summed E-state index contributed by atoms with van der Waals surface area (Å²) in [6, 6.07) is 6.47. The van der Waals surface area contributed by atoms with E-state index in [9.17, 15) is 0 Å². The van der Waals surface area contributed by atoms with Crippen LogP contribution in [0.15, 0.2) is 24.5 Å². The SMILES string of the molecule is COc1ccc(C)cc1C(C)NCCc1ncn(C)n1. The zero-order chi connectivity index (χ0) is 14.5. The Morgan fingerprint density at radius 3 is 2.85 bits per heavy atom. The van der Waals surface area contributed by atoms with Crippen LogP contribution in [0.1, 0.15) is 29.9 Å². The Bertz CT molecular complexity index is 565. The van der Waals surface area contributed by atoms with Gasteiger partial charge in [0.05, 0.1) is 7.11 Å². The van der Waals surface area contributed by atoms with E-state index in [1.165, 1.54) is 11.1 Å². The van der Waals surface area contributed by atoms with Gasteiger partial charge in [-0.05, 0) is 19.9 Å². The summed E-state index contributed by atoms with van der Waals surface area (Å²) in [6.45, 7) is 5.07. The third-order valence-corrected chi connectivity index (χ3v) is 3.30. The van der Waals surface area contributed by atoms with E-state index in [0.29, 0.717) is 0 Å². The van der Waals surface area contributed by atoms with Crippen LogP contribution in [0.25, 0.3) is 0 Å². The third kappa shape index (κ3) is 3.57. The highest BCUT2D eigenvalue weighted by Gasteiger charge is 2.11. The first-order valence-corrected chi connectivity index (χ1v) is 6.82. The molecule has 5 nitrogen and oxygen atoms in total. The molecule has 108 valence electrons. The predicted octanol–water partition coefficient (Wildman–Crippen LogP) is 2.03. The summed E-state index contributed by atoms with van der Waals surface area (Å²) in [6.07, 6.45) is 2.54. The number of hydrogen-bond donors (Lipinski definition) is 1. The predicted molar refractivity (Wildman–Crippen MR) is 78.9 cm³/mol. The first-order chi connectivity index (χ1) is 9.60. The second kappa shape index (κ2) is 6.52. The van der Waals surface area contributed by atoms with E-state index in [1.54, 1.807) is 18.1 Å². The molecule has 0 bridgehead atoms. The zero-order valence-corrected chi connectivity index (χ0v) is 12.6. The van der Waals surface area contributed by atoms with Gasteiger partial charge in [-0.3, -0.25) is 4.68 Å². The van der Waals surface area contributed by atoms with E-state index in [2.05, 4.69) is 41.4 Å². The third-order valence-electron chi connectivity index (χ3n) is 3.30. The number of ether oxygens (including phenoxy) is 1. The zero-order valence-electron chi connectivity index (χ0n) is 12.6. The van der Waals surface area contributed by atoms with Crippen LogP contribution in [-0.4, -0.2) is 28.4 Å². The highest BCUT2D eigenvalue weighted by molar-refractivity contribution is 5.38. The molecule has 20 heavy (non-hydrogen) atoms. The van der Waals surface area contributed by atoms with Crippen LogP contribution in [0.3, 0.4) is 0 Å². The van der Waals surface area contributed by atoms with Gasteiger partial charge in [-0.25, -0.2) is 4.98 Å². The van der Waals surface area contributed by atoms with Crippen molar-refractivity contribution in [3.05, 3.63) is 41.5 Å². The van der Waals surface area contributed by atoms with Gasteiger partial charge in [-0.15, -0.1) is 0 Å². The maximum absolute atomic E-state index is 5.42. The van der Waals surface area contributed by atoms with Crippen LogP contribution < -0.4 is 10.1 Å². The molecule has 0 spiro atoms. The van der Waals surface area contributed by atoms with Gasteiger partial charge in [0.25, 0.3) is 0 Å². The highest BCUT2D eigenvalue weighted by atomic mass is 16.5. The minimum absolute atomic E-state index is 0.230. The van der Waals surface area contributed by atoms with Crippen LogP contribution >= 0.6 is 0 Å². The van der Waals surface area contributed by atoms with E-state index in [1.807, 2.05) is 13.1 Å². The van der Waals surface area contributed by atoms with Crippen LogP contribution in [-0.2, 0) is 13.5 Å². The molecule has 0 aliphatic carbocycles. The summed E-state index contributed by atoms with van der Waals surface area (Å²) in [5.74, 6) is 1.79. The molecule has 0 fully saturated rings. The minimum Gasteiger partial charge on any atom is -0.496 e. The standard InChI is InChI=1S/C15H22N4O/c1-11-5-6-14(20-4)13(9-11)12(2)16-8-7-15-17-10-19(3)18-15/h5-6,9-10,12,16H,7-8H2,1-4H3. The molecule has 1 atom stereocenters. The molecule has 5 heteroatoms. The van der Waals surface area contributed by atoms with Crippen molar-refractivity contribution in [2.75, 3.05) is 13.7 Å². The van der Waals surface area contributed by atoms with Gasteiger partial charge >= 0.3 is 0 Å². The lowest BCUT2D eigenvalue weighted by Gasteiger charge is -2.17. The topological polar surface area (TPSA) is 52.0 Å². The summed E-state index contributed by atoms with van der Waals surface area (Å²) >= 11 is 0. The number of nitrogens with zero attached hydrogens (tertiary/aromatic N) is 3. The van der Waals surface area contributed by atoms with Crippen molar-refractivity contribution in [3.8, 4) is 5.75 Å². The summed E-state index contributed by atoms with van der Waals surface area (Å²) in [4.78, 5) is 4.22. The molecule has 1 unspecified atom stereocenters. The second-order valence-electron chi connectivity index (χ2n) is 5.01. The Labute approximate surface area is 120 Å². The van der Waals surface area contributed by atoms with Crippen molar-refractivity contribution in [3.63, 3.8) is 0 Å². The Kier molecular flexibility index (Phi) is 4.74. The van der Waals surface area contributed by atoms with Crippen molar-refractivity contribution in [2.45, 2.75) is 26.3 Å². The van der Waals surface area contributed by atoms with Crippen molar-refractivity contribution in [1.82, 2.24) is 20.1 Å². The van der Waals surface area contributed by atoms with Crippen LogP contribution in [0.4, 0.5) is 0 Å². The molecule has 1 N–H and O–H groups in total. The molecule has 1 aromatic carbocycles. The lowest BCUT2D eigenvalue weighted by molar-refractivity contribution is 0.401. The molecule has 0 saturated heterocycles. The van der Waals surface area contributed by atoms with Gasteiger partial charge in [-0.2, -0.15) is 5.10 Å². The Hall–Kier alpha value is -1.88. The van der Waals surface area contributed by atoms with E-state index < -0.39 is 0 Å². The molecule has 2 aromatic rings. The van der Waals surface area contributed by atoms with Crippen LogP contribution in [0.2, 0.25) is 0 Å². The summed E-state index contributed by atoms with van der Waals surface area (Å²) in [5, 5.41) is 7.76. The molecule has 0 saturated carbocycles. The summed E-state index contributed by atoms with van der Waals surface area (Å²) < 4.78 is 7.15. The van der Waals surface area contributed by atoms with E-state index in [4.69, 9.17) is 4.74 Å². The molecule has 2 rings (SSSR count). The first-order valence-electron chi connectivity index (χ1n) is 6.82. The molecule has 1 heterocycles. The minimum atomic E-state index is 0.230. The first kappa shape index (κ1) is 14.5. The fourth-order valence-electron chi connectivity index (χ4n) is 2.20. The monoisotopic (exact) mass is 274 g/mol. The van der Waals surface area contributed by atoms with E-state index in [-0.39, 0.29) is 6.04 Å². The summed E-state index contributed by atoms with van der Waals surface area (Å²) in [5.41, 5.74) is 2.42. The second-order valence-corrected chi connectivity index (χ2v) is 5.01. The fourth-order valence-corrected chi connectivity index (χ4v) is 2.20. The van der Waals surface area contributed by atoms with E-state index in [0.717, 1.165) is 24.5 Å². The van der Waals surface area contributed by atoms with Crippen molar-refractivity contribution >= 4 is 0 Å².